The first-order valence-electron chi connectivity index (χ1n) is 12.8. The lowest BCUT2D eigenvalue weighted by atomic mass is 9.94. The fourth-order valence-corrected chi connectivity index (χ4v) is 5.14. The number of hydrogen-bond acceptors (Lipinski definition) is 6. The lowest BCUT2D eigenvalue weighted by molar-refractivity contribution is -0.140. The van der Waals surface area contributed by atoms with Gasteiger partial charge in [-0.2, -0.15) is 0 Å². The standard InChI is InChI=1S/C29H37N3O4/c1-6-31(7-2)15-8-16-32-26(20-9-12-23(13-10-20)30(4)5)25(28(34)29(32)35)27(33)21-11-14-24-22(18-21)17-19(3)36-24/h9-14,18-19,26,33H,6-8,15-17H2,1-5H3/t19-,26-/m1/s1. The first-order chi connectivity index (χ1) is 17.2. The number of carbonyl (C=O) groups excluding carboxylic acids is 2. The second kappa shape index (κ2) is 10.7. The van der Waals surface area contributed by atoms with Gasteiger partial charge in [0.15, 0.2) is 0 Å². The first kappa shape index (κ1) is 25.8. The Hall–Kier alpha value is -3.32. The number of rotatable bonds is 9. The zero-order valence-electron chi connectivity index (χ0n) is 22.0. The van der Waals surface area contributed by atoms with Gasteiger partial charge < -0.3 is 24.5 Å². The fraction of sp³-hybridized carbons (Fsp3) is 0.448. The number of nitrogens with zero attached hydrogens (tertiary/aromatic N) is 3. The van der Waals surface area contributed by atoms with E-state index in [2.05, 4.69) is 18.7 Å². The van der Waals surface area contributed by atoms with E-state index in [-0.39, 0.29) is 17.4 Å². The minimum atomic E-state index is -0.638. The predicted molar refractivity (Wildman–Crippen MR) is 142 cm³/mol. The Balaban J connectivity index is 1.73. The second-order valence-corrected chi connectivity index (χ2v) is 9.81. The number of amides is 1. The number of aliphatic hydroxyl groups is 1. The molecule has 1 N–H and O–H groups in total. The Morgan fingerprint density at radius 2 is 1.78 bits per heavy atom. The van der Waals surface area contributed by atoms with E-state index in [0.717, 1.165) is 55.0 Å². The van der Waals surface area contributed by atoms with Gasteiger partial charge in [0.2, 0.25) is 0 Å². The smallest absolute Gasteiger partial charge is 0.295 e. The summed E-state index contributed by atoms with van der Waals surface area (Å²) in [4.78, 5) is 32.5. The minimum Gasteiger partial charge on any atom is -0.507 e. The zero-order chi connectivity index (χ0) is 26.0. The quantitative estimate of drug-likeness (QED) is 0.322. The molecule has 1 fully saturated rings. The summed E-state index contributed by atoms with van der Waals surface area (Å²) in [6, 6.07) is 12.6. The van der Waals surface area contributed by atoms with E-state index in [1.54, 1.807) is 11.0 Å². The van der Waals surface area contributed by atoms with Crippen LogP contribution in [0, 0.1) is 0 Å². The van der Waals surface area contributed by atoms with Crippen LogP contribution < -0.4 is 9.64 Å². The Bertz CT molecular complexity index is 1150. The molecule has 4 rings (SSSR count). The molecule has 0 unspecified atom stereocenters. The van der Waals surface area contributed by atoms with Crippen molar-refractivity contribution in [1.29, 1.82) is 0 Å². The molecular formula is C29H37N3O4. The summed E-state index contributed by atoms with van der Waals surface area (Å²) in [5, 5.41) is 11.4. The van der Waals surface area contributed by atoms with E-state index in [4.69, 9.17) is 4.74 Å². The van der Waals surface area contributed by atoms with Crippen molar-refractivity contribution in [2.75, 3.05) is 45.2 Å². The van der Waals surface area contributed by atoms with Crippen molar-refractivity contribution in [3.05, 3.63) is 64.7 Å². The van der Waals surface area contributed by atoms with Crippen LogP contribution in [0.2, 0.25) is 0 Å². The molecule has 2 heterocycles. The van der Waals surface area contributed by atoms with Gasteiger partial charge in [-0.3, -0.25) is 9.59 Å². The van der Waals surface area contributed by atoms with Gasteiger partial charge in [-0.05, 0) is 74.4 Å². The lowest BCUT2D eigenvalue weighted by Crippen LogP contribution is -2.33. The molecule has 1 saturated heterocycles. The molecule has 0 saturated carbocycles. The summed E-state index contributed by atoms with van der Waals surface area (Å²) in [5.74, 6) is -0.534. The molecular weight excluding hydrogens is 454 g/mol. The maximum absolute atomic E-state index is 13.3. The largest absolute Gasteiger partial charge is 0.507 e. The first-order valence-corrected chi connectivity index (χ1v) is 12.8. The minimum absolute atomic E-state index is 0.0731. The van der Waals surface area contributed by atoms with Crippen LogP contribution in [0.3, 0.4) is 0 Å². The summed E-state index contributed by atoms with van der Waals surface area (Å²) in [6.07, 6.45) is 1.56. The summed E-state index contributed by atoms with van der Waals surface area (Å²) < 4.78 is 5.79. The number of fused-ring (bicyclic) bond motifs is 1. The average Bonchev–Trinajstić information content (AvgIpc) is 3.37. The zero-order valence-corrected chi connectivity index (χ0v) is 22.0. The molecule has 36 heavy (non-hydrogen) atoms. The molecule has 2 aliphatic heterocycles. The monoisotopic (exact) mass is 491 g/mol. The van der Waals surface area contributed by atoms with Crippen LogP contribution in [-0.2, 0) is 16.0 Å². The number of hydrogen-bond donors (Lipinski definition) is 1. The Labute approximate surface area is 214 Å². The SMILES string of the molecule is CCN(CC)CCCN1C(=O)C(=O)C(=C(O)c2ccc3c(c2)C[C@@H](C)O3)[C@H]1c1ccc(N(C)C)cc1. The Morgan fingerprint density at radius 1 is 1.08 bits per heavy atom. The molecule has 0 radical (unpaired) electrons. The van der Waals surface area contributed by atoms with Crippen molar-refractivity contribution in [1.82, 2.24) is 9.80 Å². The number of benzene rings is 2. The van der Waals surface area contributed by atoms with Crippen molar-refractivity contribution in [2.45, 2.75) is 45.8 Å². The molecule has 2 aromatic carbocycles. The molecule has 1 amide bonds. The third-order valence-electron chi connectivity index (χ3n) is 7.20. The number of anilines is 1. The fourth-order valence-electron chi connectivity index (χ4n) is 5.14. The molecule has 0 aliphatic carbocycles. The van der Waals surface area contributed by atoms with Gasteiger partial charge in [0.25, 0.3) is 11.7 Å². The number of Topliss-reactive ketones (excluding diaryl/α,β-unsaturated/α-hetero) is 1. The van der Waals surface area contributed by atoms with Crippen LogP contribution in [0.5, 0.6) is 5.75 Å². The summed E-state index contributed by atoms with van der Waals surface area (Å²) in [5.41, 5.74) is 3.49. The number of carbonyl (C=O) groups is 2. The third kappa shape index (κ3) is 4.98. The summed E-state index contributed by atoms with van der Waals surface area (Å²) in [6.45, 7) is 9.38. The van der Waals surface area contributed by atoms with E-state index in [0.29, 0.717) is 12.1 Å². The molecule has 2 atom stereocenters. The van der Waals surface area contributed by atoms with Crippen LogP contribution in [0.1, 0.15) is 49.9 Å². The van der Waals surface area contributed by atoms with Gasteiger partial charge in [0, 0.05) is 38.3 Å². The molecule has 7 nitrogen and oxygen atoms in total. The van der Waals surface area contributed by atoms with Gasteiger partial charge in [-0.1, -0.05) is 26.0 Å². The normalized spacial score (nSPS) is 20.7. The maximum Gasteiger partial charge on any atom is 0.295 e. The van der Waals surface area contributed by atoms with E-state index in [1.165, 1.54) is 0 Å². The molecule has 2 aromatic rings. The highest BCUT2D eigenvalue weighted by molar-refractivity contribution is 6.46. The van der Waals surface area contributed by atoms with Gasteiger partial charge in [0.1, 0.15) is 17.6 Å². The van der Waals surface area contributed by atoms with Crippen LogP contribution in [-0.4, -0.2) is 73.0 Å². The highest BCUT2D eigenvalue weighted by Gasteiger charge is 2.45. The lowest BCUT2D eigenvalue weighted by Gasteiger charge is -2.27. The molecule has 0 spiro atoms. The van der Waals surface area contributed by atoms with E-state index in [1.807, 2.05) is 62.3 Å². The topological polar surface area (TPSA) is 73.3 Å². The van der Waals surface area contributed by atoms with Crippen molar-refractivity contribution < 1.29 is 19.4 Å². The molecule has 7 heteroatoms. The molecule has 0 bridgehead atoms. The second-order valence-electron chi connectivity index (χ2n) is 9.81. The highest BCUT2D eigenvalue weighted by atomic mass is 16.5. The van der Waals surface area contributed by atoms with Crippen LogP contribution in [0.15, 0.2) is 48.0 Å². The van der Waals surface area contributed by atoms with Crippen molar-refractivity contribution >= 4 is 23.1 Å². The van der Waals surface area contributed by atoms with Crippen molar-refractivity contribution in [3.8, 4) is 5.75 Å². The maximum atomic E-state index is 13.3. The van der Waals surface area contributed by atoms with Crippen LogP contribution in [0.25, 0.3) is 5.76 Å². The third-order valence-corrected chi connectivity index (χ3v) is 7.20. The van der Waals surface area contributed by atoms with Crippen LogP contribution in [0.4, 0.5) is 5.69 Å². The van der Waals surface area contributed by atoms with Gasteiger partial charge in [0.05, 0.1) is 11.6 Å². The molecule has 192 valence electrons. The van der Waals surface area contributed by atoms with E-state index >= 15 is 0 Å². The Kier molecular flexibility index (Phi) is 7.69. The predicted octanol–water partition coefficient (Wildman–Crippen LogP) is 4.23. The summed E-state index contributed by atoms with van der Waals surface area (Å²) >= 11 is 0. The van der Waals surface area contributed by atoms with Crippen LogP contribution >= 0.6 is 0 Å². The highest BCUT2D eigenvalue weighted by Crippen LogP contribution is 2.41. The van der Waals surface area contributed by atoms with Crippen molar-refractivity contribution in [2.24, 2.45) is 0 Å². The Morgan fingerprint density at radius 3 is 2.42 bits per heavy atom. The van der Waals surface area contributed by atoms with Gasteiger partial charge in [-0.15, -0.1) is 0 Å². The number of aliphatic hydroxyl groups excluding tert-OH is 1. The van der Waals surface area contributed by atoms with Gasteiger partial charge in [-0.25, -0.2) is 0 Å². The average molecular weight is 492 g/mol. The molecule has 0 aromatic heterocycles. The van der Waals surface area contributed by atoms with E-state index in [9.17, 15) is 14.7 Å². The molecule has 2 aliphatic rings. The summed E-state index contributed by atoms with van der Waals surface area (Å²) in [7, 11) is 3.93. The number of ether oxygens (including phenoxy) is 1. The van der Waals surface area contributed by atoms with Gasteiger partial charge >= 0.3 is 0 Å². The van der Waals surface area contributed by atoms with E-state index < -0.39 is 17.7 Å². The number of ketones is 1. The number of likely N-dealkylation sites (tertiary alicyclic amines) is 1. The van der Waals surface area contributed by atoms with Crippen molar-refractivity contribution in [3.63, 3.8) is 0 Å².